The molecule has 0 aliphatic carbocycles. The van der Waals surface area contributed by atoms with Crippen molar-refractivity contribution in [1.29, 1.82) is 0 Å². The first kappa shape index (κ1) is 21.6. The van der Waals surface area contributed by atoms with E-state index < -0.39 is 5.60 Å². The van der Waals surface area contributed by atoms with Crippen molar-refractivity contribution in [2.75, 3.05) is 26.9 Å². The van der Waals surface area contributed by atoms with Crippen LogP contribution in [0.4, 0.5) is 0 Å². The number of rotatable bonds is 10. The predicted octanol–water partition coefficient (Wildman–Crippen LogP) is 4.84. The van der Waals surface area contributed by atoms with E-state index in [1.54, 1.807) is 7.11 Å². The Bertz CT molecular complexity index is 744. The minimum absolute atomic E-state index is 0.171. The van der Waals surface area contributed by atoms with E-state index in [-0.39, 0.29) is 11.7 Å². The smallest absolute Gasteiger partial charge is 0.159 e. The lowest BCUT2D eigenvalue weighted by Gasteiger charge is -2.39. The molecule has 5 nitrogen and oxygen atoms in total. The van der Waals surface area contributed by atoms with Crippen LogP contribution in [-0.2, 0) is 20.8 Å². The van der Waals surface area contributed by atoms with Crippen molar-refractivity contribution in [3.8, 4) is 11.5 Å². The summed E-state index contributed by atoms with van der Waals surface area (Å²) in [5.41, 5.74) is 0.355. The first-order valence-electron chi connectivity index (χ1n) is 10.2. The van der Waals surface area contributed by atoms with Crippen LogP contribution in [0.1, 0.15) is 32.8 Å². The third-order valence-corrected chi connectivity index (χ3v) is 5.60. The van der Waals surface area contributed by atoms with Gasteiger partial charge in [0, 0.05) is 18.4 Å². The van der Waals surface area contributed by atoms with Crippen LogP contribution < -0.4 is 9.47 Å². The standard InChI is InChI=1S/C24H32O5/c1-5-27-22-15-23(2,3)24(29-22,17-26-16-19-9-7-6-8-10-19)18-28-21-13-11-20(25-4)12-14-21/h6-14,22H,5,15-18H2,1-4H3. The second kappa shape index (κ2) is 9.61. The molecular weight excluding hydrogens is 368 g/mol. The highest BCUT2D eigenvalue weighted by Crippen LogP contribution is 2.47. The van der Waals surface area contributed by atoms with Crippen molar-refractivity contribution in [3.63, 3.8) is 0 Å². The minimum Gasteiger partial charge on any atom is -0.497 e. The monoisotopic (exact) mass is 400 g/mol. The van der Waals surface area contributed by atoms with Crippen molar-refractivity contribution in [1.82, 2.24) is 0 Å². The summed E-state index contributed by atoms with van der Waals surface area (Å²) in [7, 11) is 1.65. The van der Waals surface area contributed by atoms with Crippen molar-refractivity contribution in [3.05, 3.63) is 60.2 Å². The molecule has 29 heavy (non-hydrogen) atoms. The average molecular weight is 401 g/mol. The maximum atomic E-state index is 6.41. The zero-order valence-electron chi connectivity index (χ0n) is 17.9. The van der Waals surface area contributed by atoms with Gasteiger partial charge in [-0.1, -0.05) is 44.2 Å². The summed E-state index contributed by atoms with van der Waals surface area (Å²) >= 11 is 0. The Morgan fingerprint density at radius 2 is 1.66 bits per heavy atom. The van der Waals surface area contributed by atoms with E-state index in [1.165, 1.54) is 0 Å². The summed E-state index contributed by atoms with van der Waals surface area (Å²) in [4.78, 5) is 0. The quantitative estimate of drug-likeness (QED) is 0.571. The van der Waals surface area contributed by atoms with Crippen LogP contribution in [0.5, 0.6) is 11.5 Å². The van der Waals surface area contributed by atoms with E-state index in [2.05, 4.69) is 26.0 Å². The molecular formula is C24H32O5. The molecule has 1 aliphatic heterocycles. The van der Waals surface area contributed by atoms with E-state index in [0.29, 0.717) is 26.4 Å². The average Bonchev–Trinajstić information content (AvgIpc) is 2.97. The Labute approximate surface area is 173 Å². The fourth-order valence-electron chi connectivity index (χ4n) is 3.61. The van der Waals surface area contributed by atoms with Gasteiger partial charge in [0.25, 0.3) is 0 Å². The van der Waals surface area contributed by atoms with E-state index in [4.69, 9.17) is 23.7 Å². The zero-order chi connectivity index (χ0) is 20.7. The lowest BCUT2D eigenvalue weighted by molar-refractivity contribution is -0.205. The lowest BCUT2D eigenvalue weighted by atomic mass is 9.75. The Hall–Kier alpha value is -2.08. The van der Waals surface area contributed by atoms with Crippen LogP contribution in [0.3, 0.4) is 0 Å². The molecule has 2 aromatic rings. The molecule has 5 heteroatoms. The van der Waals surface area contributed by atoms with Crippen LogP contribution in [-0.4, -0.2) is 38.8 Å². The topological polar surface area (TPSA) is 46.2 Å². The molecule has 158 valence electrons. The fourth-order valence-corrected chi connectivity index (χ4v) is 3.61. The summed E-state index contributed by atoms with van der Waals surface area (Å²) in [6.07, 6.45) is 0.538. The van der Waals surface area contributed by atoms with Gasteiger partial charge < -0.3 is 23.7 Å². The molecule has 0 N–H and O–H groups in total. The van der Waals surface area contributed by atoms with Gasteiger partial charge in [-0.15, -0.1) is 0 Å². The van der Waals surface area contributed by atoms with Crippen molar-refractivity contribution in [2.24, 2.45) is 5.41 Å². The summed E-state index contributed by atoms with van der Waals surface area (Å²) in [5, 5.41) is 0. The second-order valence-corrected chi connectivity index (χ2v) is 8.03. The van der Waals surface area contributed by atoms with Crippen LogP contribution >= 0.6 is 0 Å². The van der Waals surface area contributed by atoms with Crippen LogP contribution in [0.25, 0.3) is 0 Å². The zero-order valence-corrected chi connectivity index (χ0v) is 17.9. The molecule has 0 saturated carbocycles. The van der Waals surface area contributed by atoms with Gasteiger partial charge in [-0.2, -0.15) is 0 Å². The van der Waals surface area contributed by atoms with Gasteiger partial charge in [0.05, 0.1) is 20.3 Å². The first-order chi connectivity index (χ1) is 14.0. The molecule has 1 fully saturated rings. The van der Waals surface area contributed by atoms with Gasteiger partial charge in [-0.25, -0.2) is 0 Å². The van der Waals surface area contributed by atoms with Gasteiger partial charge in [0.1, 0.15) is 23.7 Å². The SMILES string of the molecule is CCOC1CC(C)(C)C(COCc2ccccc2)(COc2ccc(OC)cc2)O1. The normalized spacial score (nSPS) is 23.1. The Kier molecular flexibility index (Phi) is 7.17. The third-order valence-electron chi connectivity index (χ3n) is 5.60. The summed E-state index contributed by atoms with van der Waals surface area (Å²) < 4.78 is 29.7. The maximum absolute atomic E-state index is 6.41. The molecule has 0 aromatic heterocycles. The van der Waals surface area contributed by atoms with E-state index in [9.17, 15) is 0 Å². The molecule has 1 saturated heterocycles. The fraction of sp³-hybridized carbons (Fsp3) is 0.500. The van der Waals surface area contributed by atoms with Gasteiger partial charge in [-0.3, -0.25) is 0 Å². The maximum Gasteiger partial charge on any atom is 0.159 e. The largest absolute Gasteiger partial charge is 0.497 e. The molecule has 0 amide bonds. The predicted molar refractivity (Wildman–Crippen MR) is 112 cm³/mol. The van der Waals surface area contributed by atoms with Crippen molar-refractivity contribution < 1.29 is 23.7 Å². The van der Waals surface area contributed by atoms with Crippen LogP contribution in [0.15, 0.2) is 54.6 Å². The minimum atomic E-state index is -0.610. The molecule has 0 radical (unpaired) electrons. The molecule has 0 spiro atoms. The van der Waals surface area contributed by atoms with Gasteiger partial charge >= 0.3 is 0 Å². The Balaban J connectivity index is 1.71. The number of hydrogen-bond acceptors (Lipinski definition) is 5. The molecule has 2 aromatic carbocycles. The summed E-state index contributed by atoms with van der Waals surface area (Å²) in [5.74, 6) is 1.57. The molecule has 2 atom stereocenters. The summed E-state index contributed by atoms with van der Waals surface area (Å²) in [6.45, 7) is 8.31. The second-order valence-electron chi connectivity index (χ2n) is 8.03. The molecule has 3 rings (SSSR count). The van der Waals surface area contributed by atoms with Crippen LogP contribution in [0.2, 0.25) is 0 Å². The van der Waals surface area contributed by atoms with Crippen molar-refractivity contribution in [2.45, 2.75) is 45.7 Å². The first-order valence-corrected chi connectivity index (χ1v) is 10.2. The van der Waals surface area contributed by atoms with E-state index in [0.717, 1.165) is 23.5 Å². The van der Waals surface area contributed by atoms with Gasteiger partial charge in [-0.05, 0) is 36.8 Å². The van der Waals surface area contributed by atoms with Gasteiger partial charge in [0.15, 0.2) is 6.29 Å². The van der Waals surface area contributed by atoms with E-state index >= 15 is 0 Å². The molecule has 2 unspecified atom stereocenters. The van der Waals surface area contributed by atoms with Crippen LogP contribution in [0, 0.1) is 5.41 Å². The third kappa shape index (κ3) is 5.30. The number of benzene rings is 2. The Morgan fingerprint density at radius 1 is 0.966 bits per heavy atom. The summed E-state index contributed by atoms with van der Waals surface area (Å²) in [6, 6.07) is 17.7. The number of methoxy groups -OCH3 is 1. The highest BCUT2D eigenvalue weighted by molar-refractivity contribution is 5.31. The van der Waals surface area contributed by atoms with Gasteiger partial charge in [0.2, 0.25) is 0 Å². The number of ether oxygens (including phenoxy) is 5. The molecule has 1 heterocycles. The Morgan fingerprint density at radius 3 is 2.31 bits per heavy atom. The van der Waals surface area contributed by atoms with Crippen molar-refractivity contribution >= 4 is 0 Å². The highest BCUT2D eigenvalue weighted by atomic mass is 16.7. The lowest BCUT2D eigenvalue weighted by Crippen LogP contribution is -2.51. The van der Waals surface area contributed by atoms with E-state index in [1.807, 2.05) is 49.4 Å². The highest BCUT2D eigenvalue weighted by Gasteiger charge is 2.55. The molecule has 0 bridgehead atoms. The molecule has 1 aliphatic rings. The number of hydrogen-bond donors (Lipinski definition) is 0.